The molecule has 0 radical (unpaired) electrons. The van der Waals surface area contributed by atoms with Crippen molar-refractivity contribution in [2.45, 2.75) is 56.8 Å². The molecule has 0 unspecified atom stereocenters. The van der Waals surface area contributed by atoms with Gasteiger partial charge in [-0.05, 0) is 67.7 Å². The molecule has 0 amide bonds. The summed E-state index contributed by atoms with van der Waals surface area (Å²) in [5.74, 6) is 0.939. The molecule has 5 nitrogen and oxygen atoms in total. The summed E-state index contributed by atoms with van der Waals surface area (Å²) >= 11 is 11.9. The van der Waals surface area contributed by atoms with Gasteiger partial charge < -0.3 is 0 Å². The fourth-order valence-electron chi connectivity index (χ4n) is 4.42. The lowest BCUT2D eigenvalue weighted by Crippen LogP contribution is -2.41. The van der Waals surface area contributed by atoms with E-state index in [1.165, 1.54) is 31.2 Å². The summed E-state index contributed by atoms with van der Waals surface area (Å²) in [7, 11) is 0. The Balaban J connectivity index is 1.46. The van der Waals surface area contributed by atoms with Gasteiger partial charge in [-0.3, -0.25) is 14.9 Å². The van der Waals surface area contributed by atoms with Crippen LogP contribution in [0.15, 0.2) is 48.8 Å². The van der Waals surface area contributed by atoms with E-state index >= 15 is 0 Å². The molecule has 2 aliphatic carbocycles. The zero-order valence-corrected chi connectivity index (χ0v) is 17.8. The summed E-state index contributed by atoms with van der Waals surface area (Å²) in [5, 5.41) is 9.48. The van der Waals surface area contributed by atoms with Gasteiger partial charge in [-0.2, -0.15) is 5.10 Å². The van der Waals surface area contributed by atoms with Crippen LogP contribution in [0.1, 0.15) is 50.1 Å². The monoisotopic (exact) mass is 425 g/mol. The summed E-state index contributed by atoms with van der Waals surface area (Å²) in [6.07, 6.45) is 10.6. The van der Waals surface area contributed by atoms with E-state index in [-0.39, 0.29) is 5.54 Å². The first-order valence-electron chi connectivity index (χ1n) is 10.3. The molecule has 2 fully saturated rings. The Labute approximate surface area is 180 Å². The fourth-order valence-corrected chi connectivity index (χ4v) is 4.89. The Morgan fingerprint density at radius 3 is 2.41 bits per heavy atom. The van der Waals surface area contributed by atoms with Crippen molar-refractivity contribution in [1.29, 1.82) is 0 Å². The molecule has 2 aromatic heterocycles. The van der Waals surface area contributed by atoms with E-state index in [1.807, 2.05) is 28.9 Å². The predicted octanol–water partition coefficient (Wildman–Crippen LogP) is 5.48. The van der Waals surface area contributed by atoms with Crippen LogP contribution < -0.4 is 5.32 Å². The van der Waals surface area contributed by atoms with E-state index < -0.39 is 0 Å². The highest BCUT2D eigenvalue weighted by Crippen LogP contribution is 2.40. The van der Waals surface area contributed by atoms with E-state index in [4.69, 9.17) is 28.9 Å². The molecule has 2 saturated carbocycles. The minimum absolute atomic E-state index is 0.0421. The minimum atomic E-state index is -0.0421. The first-order valence-corrected chi connectivity index (χ1v) is 11.1. The van der Waals surface area contributed by atoms with Crippen molar-refractivity contribution in [3.05, 3.63) is 64.1 Å². The summed E-state index contributed by atoms with van der Waals surface area (Å²) < 4.78 is 4.95. The lowest BCUT2D eigenvalue weighted by molar-refractivity contribution is 0.297. The van der Waals surface area contributed by atoms with Crippen LogP contribution in [-0.2, 0) is 12.2 Å². The standard InChI is InChI=1S/C22H24ClN5S/c23-18-5-3-17(4-6-18)22(11-1-2-12-22)25-15-27-21(29)28(19-7-8-19)20(26-27)16-9-13-24-14-10-16/h3-6,9-10,13-14,19,25H,1-2,7-8,11-12,15H2. The van der Waals surface area contributed by atoms with Crippen LogP contribution in [-0.4, -0.2) is 19.3 Å². The number of halogens is 1. The van der Waals surface area contributed by atoms with Crippen molar-refractivity contribution in [2.75, 3.05) is 0 Å². The highest BCUT2D eigenvalue weighted by Gasteiger charge is 2.36. The number of rotatable bonds is 6. The smallest absolute Gasteiger partial charge is 0.199 e. The van der Waals surface area contributed by atoms with Crippen LogP contribution in [0.4, 0.5) is 0 Å². The topological polar surface area (TPSA) is 47.7 Å². The molecule has 3 aromatic rings. The number of nitrogens with zero attached hydrogens (tertiary/aromatic N) is 4. The molecule has 0 aliphatic heterocycles. The first-order chi connectivity index (χ1) is 14.2. The molecule has 0 saturated heterocycles. The van der Waals surface area contributed by atoms with Crippen molar-refractivity contribution < 1.29 is 0 Å². The third-order valence-electron chi connectivity index (χ3n) is 6.14. The van der Waals surface area contributed by atoms with Gasteiger partial charge in [0, 0.05) is 34.6 Å². The average molecular weight is 426 g/mol. The number of nitrogens with one attached hydrogen (secondary N) is 1. The van der Waals surface area contributed by atoms with Crippen LogP contribution in [0, 0.1) is 4.77 Å². The summed E-state index contributed by atoms with van der Waals surface area (Å²) in [5.41, 5.74) is 2.31. The van der Waals surface area contributed by atoms with E-state index in [1.54, 1.807) is 12.4 Å². The average Bonchev–Trinajstić information content (AvgIpc) is 3.37. The van der Waals surface area contributed by atoms with Crippen LogP contribution >= 0.6 is 23.8 Å². The third-order valence-corrected chi connectivity index (χ3v) is 6.80. The van der Waals surface area contributed by atoms with Gasteiger partial charge in [0.25, 0.3) is 0 Å². The second-order valence-electron chi connectivity index (χ2n) is 8.07. The van der Waals surface area contributed by atoms with E-state index in [9.17, 15) is 0 Å². The Morgan fingerprint density at radius 2 is 1.76 bits per heavy atom. The van der Waals surface area contributed by atoms with Crippen LogP contribution in [0.5, 0.6) is 0 Å². The van der Waals surface area contributed by atoms with Crippen molar-refractivity contribution in [3.63, 3.8) is 0 Å². The molecule has 1 aromatic carbocycles. The van der Waals surface area contributed by atoms with Gasteiger partial charge in [-0.25, -0.2) is 4.68 Å². The molecule has 5 rings (SSSR count). The second kappa shape index (κ2) is 7.67. The minimum Gasteiger partial charge on any atom is -0.297 e. The fraction of sp³-hybridized carbons (Fsp3) is 0.409. The molecule has 0 bridgehead atoms. The molecule has 0 spiro atoms. The third kappa shape index (κ3) is 3.65. The number of aromatic nitrogens is 4. The molecule has 7 heteroatoms. The van der Waals surface area contributed by atoms with Crippen LogP contribution in [0.2, 0.25) is 5.02 Å². The Morgan fingerprint density at radius 1 is 1.07 bits per heavy atom. The van der Waals surface area contributed by atoms with Gasteiger partial charge in [0.1, 0.15) is 0 Å². The Kier molecular flexibility index (Phi) is 5.02. The number of pyridine rings is 1. The maximum absolute atomic E-state index is 6.12. The second-order valence-corrected chi connectivity index (χ2v) is 8.88. The molecule has 0 atom stereocenters. The van der Waals surface area contributed by atoms with Gasteiger partial charge in [-0.15, -0.1) is 0 Å². The molecule has 2 aliphatic rings. The Bertz CT molecular complexity index is 1050. The van der Waals surface area contributed by atoms with E-state index in [2.05, 4.69) is 27.0 Å². The molecule has 1 N–H and O–H groups in total. The van der Waals surface area contributed by atoms with E-state index in [0.717, 1.165) is 34.0 Å². The van der Waals surface area contributed by atoms with Crippen molar-refractivity contribution in [1.82, 2.24) is 24.6 Å². The van der Waals surface area contributed by atoms with Gasteiger partial charge in [0.2, 0.25) is 0 Å². The zero-order chi connectivity index (χ0) is 19.8. The van der Waals surface area contributed by atoms with Crippen molar-refractivity contribution in [3.8, 4) is 11.4 Å². The Hall–Kier alpha value is -2.02. The summed E-state index contributed by atoms with van der Waals surface area (Å²) in [4.78, 5) is 4.14. The van der Waals surface area contributed by atoms with Crippen LogP contribution in [0.3, 0.4) is 0 Å². The largest absolute Gasteiger partial charge is 0.297 e. The highest BCUT2D eigenvalue weighted by atomic mass is 35.5. The van der Waals surface area contributed by atoms with Gasteiger partial charge in [-0.1, -0.05) is 36.6 Å². The SMILES string of the molecule is S=c1n(CNC2(c3ccc(Cl)cc3)CCCC2)nc(-c2ccncc2)n1C1CC1. The normalized spacial score (nSPS) is 18.2. The molecule has 29 heavy (non-hydrogen) atoms. The maximum atomic E-state index is 6.12. The molecule has 150 valence electrons. The van der Waals surface area contributed by atoms with Crippen molar-refractivity contribution >= 4 is 23.8 Å². The first kappa shape index (κ1) is 19.0. The number of benzene rings is 1. The molecule has 2 heterocycles. The lowest BCUT2D eigenvalue weighted by atomic mass is 9.88. The number of hydrogen-bond acceptors (Lipinski definition) is 4. The zero-order valence-electron chi connectivity index (χ0n) is 16.2. The molecular weight excluding hydrogens is 402 g/mol. The molecular formula is C22H24ClN5S. The lowest BCUT2D eigenvalue weighted by Gasteiger charge is -2.31. The van der Waals surface area contributed by atoms with Crippen LogP contribution in [0.25, 0.3) is 11.4 Å². The summed E-state index contributed by atoms with van der Waals surface area (Å²) in [6, 6.07) is 12.7. The van der Waals surface area contributed by atoms with Gasteiger partial charge in [0.05, 0.1) is 6.67 Å². The predicted molar refractivity (Wildman–Crippen MR) is 117 cm³/mol. The van der Waals surface area contributed by atoms with E-state index in [0.29, 0.717) is 12.7 Å². The van der Waals surface area contributed by atoms with Crippen molar-refractivity contribution in [2.24, 2.45) is 0 Å². The quantitative estimate of drug-likeness (QED) is 0.531. The van der Waals surface area contributed by atoms with Gasteiger partial charge >= 0.3 is 0 Å². The number of hydrogen-bond donors (Lipinski definition) is 1. The highest BCUT2D eigenvalue weighted by molar-refractivity contribution is 7.71. The maximum Gasteiger partial charge on any atom is 0.199 e. The summed E-state index contributed by atoms with van der Waals surface area (Å²) in [6.45, 7) is 0.596. The van der Waals surface area contributed by atoms with Gasteiger partial charge in [0.15, 0.2) is 10.6 Å².